The molecule has 1 fully saturated rings. The van der Waals surface area contributed by atoms with Gasteiger partial charge in [-0.2, -0.15) is 0 Å². The van der Waals surface area contributed by atoms with Gasteiger partial charge in [-0.15, -0.1) is 5.73 Å². The molecule has 0 aromatic heterocycles. The van der Waals surface area contributed by atoms with Gasteiger partial charge in [0.15, 0.2) is 0 Å². The van der Waals surface area contributed by atoms with Gasteiger partial charge in [-0.1, -0.05) is 50.5 Å². The number of hydrogen-bond acceptors (Lipinski definition) is 6. The Morgan fingerprint density at radius 3 is 2.83 bits per heavy atom. The minimum atomic E-state index is -2.57. The molecule has 0 heterocycles. The second kappa shape index (κ2) is 15.4. The first kappa shape index (κ1) is 28.6. The van der Waals surface area contributed by atoms with Crippen LogP contribution in [0.15, 0.2) is 54.3 Å². The van der Waals surface area contributed by atoms with Crippen LogP contribution in [-0.4, -0.2) is 41.5 Å². The van der Waals surface area contributed by atoms with Crippen LogP contribution in [0.3, 0.4) is 0 Å². The van der Waals surface area contributed by atoms with Crippen molar-refractivity contribution < 1.29 is 29.3 Å². The van der Waals surface area contributed by atoms with E-state index in [1.54, 1.807) is 6.08 Å². The van der Waals surface area contributed by atoms with Crippen molar-refractivity contribution in [2.24, 2.45) is 11.8 Å². The van der Waals surface area contributed by atoms with Gasteiger partial charge in [0.25, 0.3) is 5.79 Å². The molecule has 1 aromatic rings. The fourth-order valence-electron chi connectivity index (χ4n) is 4.26. The molecule has 0 spiro atoms. The number of benzene rings is 1. The van der Waals surface area contributed by atoms with Crippen LogP contribution in [0.2, 0.25) is 0 Å². The van der Waals surface area contributed by atoms with Crippen molar-refractivity contribution >= 4 is 11.8 Å². The maximum Gasteiger partial charge on any atom is 0.366 e. The smallest absolute Gasteiger partial charge is 0.366 e. The molecule has 1 aromatic carbocycles. The normalized spacial score (nSPS) is 17.9. The molecule has 1 aliphatic carbocycles. The van der Waals surface area contributed by atoms with Crippen molar-refractivity contribution in [3.63, 3.8) is 0 Å². The average molecular weight is 485 g/mol. The van der Waals surface area contributed by atoms with E-state index in [4.69, 9.17) is 4.74 Å². The molecule has 6 nitrogen and oxygen atoms in total. The van der Waals surface area contributed by atoms with E-state index in [1.807, 2.05) is 12.1 Å². The van der Waals surface area contributed by atoms with E-state index in [9.17, 15) is 19.8 Å². The molecular formula is C29H40O6. The number of aryl methyl sites for hydroxylation is 1. The summed E-state index contributed by atoms with van der Waals surface area (Å²) in [7, 11) is 1.09. The summed E-state index contributed by atoms with van der Waals surface area (Å²) in [5.74, 6) is -2.48. The molecule has 1 saturated carbocycles. The van der Waals surface area contributed by atoms with Crippen molar-refractivity contribution in [2.45, 2.75) is 76.9 Å². The zero-order chi connectivity index (χ0) is 25.5. The third-order valence-corrected chi connectivity index (χ3v) is 6.31. The number of rotatable bonds is 15. The molecule has 0 bridgehead atoms. The number of methoxy groups -OCH3 is 1. The van der Waals surface area contributed by atoms with E-state index in [-0.39, 0.29) is 24.0 Å². The molecule has 6 heteroatoms. The summed E-state index contributed by atoms with van der Waals surface area (Å²) in [5, 5.41) is 19.2. The molecule has 0 saturated heterocycles. The van der Waals surface area contributed by atoms with Crippen LogP contribution < -0.4 is 4.74 Å². The Bertz CT molecular complexity index is 894. The number of aliphatic hydroxyl groups is 2. The highest BCUT2D eigenvalue weighted by atomic mass is 16.6. The highest BCUT2D eigenvalue weighted by Crippen LogP contribution is 2.32. The molecule has 0 radical (unpaired) electrons. The number of carbonyl (C=O) groups excluding carboxylic acids is 2. The number of esters is 1. The Hall–Kier alpha value is -2.66. The third kappa shape index (κ3) is 10.2. The number of hydrogen-bond donors (Lipinski definition) is 2. The van der Waals surface area contributed by atoms with E-state index in [2.05, 4.69) is 41.7 Å². The van der Waals surface area contributed by atoms with Gasteiger partial charge in [0, 0.05) is 18.8 Å². The predicted octanol–water partition coefficient (Wildman–Crippen LogP) is 5.08. The summed E-state index contributed by atoms with van der Waals surface area (Å²) in [4.78, 5) is 23.5. The number of allylic oxidation sites excluding steroid dienone is 1. The van der Waals surface area contributed by atoms with Crippen molar-refractivity contribution in [1.82, 2.24) is 0 Å². The standard InChI is InChI=1S/C29H40O6/c1-3-4-5-7-13-23-14-12-16-25(22-23)35-21-11-9-15-24-18-19-27(30)26(24)17-8-6-10-20-29(32,33)28(31)34-2/h8-10,12,14-16,22,24,26,32-33H,3-5,7,11,13,17-21H2,1-2H3/b15-9+/t6?,24-,26+/m0/s1. The van der Waals surface area contributed by atoms with Crippen molar-refractivity contribution in [3.8, 4) is 5.75 Å². The van der Waals surface area contributed by atoms with Crippen LogP contribution in [0.25, 0.3) is 0 Å². The summed E-state index contributed by atoms with van der Waals surface area (Å²) in [6.07, 6.45) is 15.7. The zero-order valence-corrected chi connectivity index (χ0v) is 21.1. The first-order chi connectivity index (χ1) is 16.9. The predicted molar refractivity (Wildman–Crippen MR) is 136 cm³/mol. The van der Waals surface area contributed by atoms with Crippen LogP contribution in [0.4, 0.5) is 0 Å². The lowest BCUT2D eigenvalue weighted by atomic mass is 9.91. The van der Waals surface area contributed by atoms with Gasteiger partial charge < -0.3 is 19.7 Å². The molecule has 2 atom stereocenters. The van der Waals surface area contributed by atoms with Crippen LogP contribution in [0, 0.1) is 11.8 Å². The molecule has 0 unspecified atom stereocenters. The SMILES string of the molecule is CCCCCCc1cccc(OCC/C=C/[C@H]2CCC(=O)[C@@H]2CC=C=CCC(O)(O)C(=O)OC)c1. The molecule has 35 heavy (non-hydrogen) atoms. The Morgan fingerprint density at radius 1 is 1.23 bits per heavy atom. The Morgan fingerprint density at radius 2 is 2.06 bits per heavy atom. The third-order valence-electron chi connectivity index (χ3n) is 6.31. The number of Topliss-reactive ketones (excluding diaryl/α,β-unsaturated/α-hetero) is 1. The van der Waals surface area contributed by atoms with Gasteiger partial charge in [-0.05, 0) is 67.9 Å². The van der Waals surface area contributed by atoms with Crippen LogP contribution in [0.5, 0.6) is 5.75 Å². The van der Waals surface area contributed by atoms with Gasteiger partial charge in [-0.3, -0.25) is 4.79 Å². The molecule has 2 N–H and O–H groups in total. The van der Waals surface area contributed by atoms with E-state index in [1.165, 1.54) is 37.3 Å². The summed E-state index contributed by atoms with van der Waals surface area (Å²) in [6, 6.07) is 8.33. The molecule has 2 rings (SSSR count). The van der Waals surface area contributed by atoms with E-state index in [0.29, 0.717) is 19.4 Å². The van der Waals surface area contributed by atoms with Crippen LogP contribution >= 0.6 is 0 Å². The van der Waals surface area contributed by atoms with E-state index >= 15 is 0 Å². The minimum Gasteiger partial charge on any atom is -0.493 e. The van der Waals surface area contributed by atoms with Gasteiger partial charge in [0.1, 0.15) is 11.5 Å². The topological polar surface area (TPSA) is 93.1 Å². The van der Waals surface area contributed by atoms with Crippen molar-refractivity contribution in [3.05, 3.63) is 59.9 Å². The average Bonchev–Trinajstić information content (AvgIpc) is 3.20. The number of unbranched alkanes of at least 4 members (excludes halogenated alkanes) is 3. The molecule has 192 valence electrons. The Balaban J connectivity index is 1.76. The lowest BCUT2D eigenvalue weighted by molar-refractivity contribution is -0.205. The largest absolute Gasteiger partial charge is 0.493 e. The highest BCUT2D eigenvalue weighted by molar-refractivity contribution is 5.83. The quantitative estimate of drug-likeness (QED) is 0.119. The lowest BCUT2D eigenvalue weighted by Gasteiger charge is -2.15. The summed E-state index contributed by atoms with van der Waals surface area (Å²) >= 11 is 0. The van der Waals surface area contributed by atoms with Gasteiger partial charge >= 0.3 is 5.97 Å². The fourth-order valence-corrected chi connectivity index (χ4v) is 4.26. The van der Waals surface area contributed by atoms with E-state index < -0.39 is 11.8 Å². The molecular weight excluding hydrogens is 444 g/mol. The van der Waals surface area contributed by atoms with Gasteiger partial charge in [0.2, 0.25) is 0 Å². The summed E-state index contributed by atoms with van der Waals surface area (Å²) < 4.78 is 10.2. The Labute approximate surface area is 209 Å². The fraction of sp³-hybridized carbons (Fsp3) is 0.552. The maximum absolute atomic E-state index is 12.3. The maximum atomic E-state index is 12.3. The second-order valence-electron chi connectivity index (χ2n) is 9.12. The van der Waals surface area contributed by atoms with Crippen LogP contribution in [0.1, 0.15) is 70.3 Å². The first-order valence-corrected chi connectivity index (χ1v) is 12.7. The van der Waals surface area contributed by atoms with Crippen LogP contribution in [-0.2, 0) is 20.7 Å². The van der Waals surface area contributed by atoms with E-state index in [0.717, 1.165) is 32.1 Å². The lowest BCUT2D eigenvalue weighted by Crippen LogP contribution is -2.38. The highest BCUT2D eigenvalue weighted by Gasteiger charge is 2.33. The Kier molecular flexibility index (Phi) is 12.5. The number of carbonyl (C=O) groups is 2. The molecule has 0 amide bonds. The monoisotopic (exact) mass is 484 g/mol. The first-order valence-electron chi connectivity index (χ1n) is 12.7. The van der Waals surface area contributed by atoms with Gasteiger partial charge in [-0.25, -0.2) is 4.79 Å². The number of ketones is 1. The zero-order valence-electron chi connectivity index (χ0n) is 21.1. The second-order valence-corrected chi connectivity index (χ2v) is 9.12. The minimum absolute atomic E-state index is 0.105. The molecule has 1 aliphatic rings. The number of ether oxygens (including phenoxy) is 2. The van der Waals surface area contributed by atoms with Gasteiger partial charge in [0.05, 0.1) is 13.7 Å². The molecule has 0 aliphatic heterocycles. The van der Waals surface area contributed by atoms with Crippen molar-refractivity contribution in [2.75, 3.05) is 13.7 Å². The van der Waals surface area contributed by atoms with Crippen molar-refractivity contribution in [1.29, 1.82) is 0 Å². The summed E-state index contributed by atoms with van der Waals surface area (Å²) in [6.45, 7) is 2.81. The summed E-state index contributed by atoms with van der Waals surface area (Å²) in [5.41, 5.74) is 4.15.